The number of sulfonamides is 1. The van der Waals surface area contributed by atoms with E-state index in [0.29, 0.717) is 8.81 Å². The Balaban J connectivity index is 2.99. The van der Waals surface area contributed by atoms with Crippen LogP contribution in [0.2, 0.25) is 5.02 Å². The lowest BCUT2D eigenvalue weighted by Gasteiger charge is -2.20. The largest absolute Gasteiger partial charge is 0.409 e. The quantitative estimate of drug-likeness (QED) is 0.289. The van der Waals surface area contributed by atoms with Gasteiger partial charge < -0.3 is 15.7 Å². The molecule has 0 saturated carbocycles. The van der Waals surface area contributed by atoms with Crippen LogP contribution in [0.15, 0.2) is 19.2 Å². The summed E-state index contributed by atoms with van der Waals surface area (Å²) in [4.78, 5) is 0. The van der Waals surface area contributed by atoms with Crippen molar-refractivity contribution in [1.82, 2.24) is 4.31 Å². The van der Waals surface area contributed by atoms with E-state index in [9.17, 15) is 8.42 Å². The van der Waals surface area contributed by atoms with E-state index in [0.717, 1.165) is 11.3 Å². The summed E-state index contributed by atoms with van der Waals surface area (Å²) in [6, 6.07) is 1.38. The highest BCUT2D eigenvalue weighted by Crippen LogP contribution is 2.35. The first-order valence-corrected chi connectivity index (χ1v) is 9.16. The SMILES string of the molecule is COCCN(CCC(N)=NO)S(=O)(=O)c1cc(Cl)c(Br)s1. The average Bonchev–Trinajstić information content (AvgIpc) is 2.78. The summed E-state index contributed by atoms with van der Waals surface area (Å²) in [5.74, 6) is -0.0435. The predicted molar refractivity (Wildman–Crippen MR) is 85.7 cm³/mol. The molecule has 0 bridgehead atoms. The van der Waals surface area contributed by atoms with E-state index in [2.05, 4.69) is 21.1 Å². The summed E-state index contributed by atoms with van der Waals surface area (Å²) in [7, 11) is -2.23. The van der Waals surface area contributed by atoms with Crippen LogP contribution >= 0.6 is 38.9 Å². The van der Waals surface area contributed by atoms with Crippen LogP contribution in [0.5, 0.6) is 0 Å². The van der Waals surface area contributed by atoms with Gasteiger partial charge in [-0.15, -0.1) is 11.3 Å². The monoisotopic (exact) mass is 419 g/mol. The third-order valence-corrected chi connectivity index (χ3v) is 7.33. The number of ether oxygens (including phenoxy) is 1. The second-order valence-corrected chi connectivity index (χ2v) is 8.87. The van der Waals surface area contributed by atoms with Crippen LogP contribution in [0.3, 0.4) is 0 Å². The van der Waals surface area contributed by atoms with E-state index in [1.54, 1.807) is 0 Å². The standard InChI is InChI=1S/C10H15BrClN3O4S2/c1-19-5-4-15(3-2-8(13)14-16)21(17,18)9-6-7(12)10(11)20-9/h6,16H,2-5H2,1H3,(H2,13,14). The number of methoxy groups -OCH3 is 1. The Morgan fingerprint density at radius 3 is 2.76 bits per heavy atom. The molecule has 0 aliphatic carbocycles. The Bertz CT molecular complexity index is 586. The fourth-order valence-electron chi connectivity index (χ4n) is 1.42. The summed E-state index contributed by atoms with van der Waals surface area (Å²) >= 11 is 10.1. The van der Waals surface area contributed by atoms with Gasteiger partial charge >= 0.3 is 0 Å². The molecule has 0 aromatic carbocycles. The van der Waals surface area contributed by atoms with E-state index >= 15 is 0 Å². The van der Waals surface area contributed by atoms with Gasteiger partial charge in [0.2, 0.25) is 0 Å². The maximum Gasteiger partial charge on any atom is 0.252 e. The maximum atomic E-state index is 12.6. The van der Waals surface area contributed by atoms with E-state index in [1.165, 1.54) is 17.5 Å². The molecule has 120 valence electrons. The number of nitrogens with zero attached hydrogens (tertiary/aromatic N) is 2. The Hall–Kier alpha value is -0.390. The van der Waals surface area contributed by atoms with Gasteiger partial charge in [-0.05, 0) is 22.0 Å². The van der Waals surface area contributed by atoms with E-state index in [1.807, 2.05) is 0 Å². The van der Waals surface area contributed by atoms with Crippen LogP contribution in [0.4, 0.5) is 0 Å². The smallest absolute Gasteiger partial charge is 0.252 e. The van der Waals surface area contributed by atoms with Gasteiger partial charge in [-0.25, -0.2) is 8.42 Å². The fraction of sp³-hybridized carbons (Fsp3) is 0.500. The van der Waals surface area contributed by atoms with Gasteiger partial charge in [0.25, 0.3) is 10.0 Å². The molecule has 21 heavy (non-hydrogen) atoms. The van der Waals surface area contributed by atoms with Crippen molar-refractivity contribution in [1.29, 1.82) is 0 Å². The highest BCUT2D eigenvalue weighted by Gasteiger charge is 2.27. The highest BCUT2D eigenvalue weighted by molar-refractivity contribution is 9.11. The lowest BCUT2D eigenvalue weighted by molar-refractivity contribution is 0.179. The van der Waals surface area contributed by atoms with Crippen molar-refractivity contribution in [3.63, 3.8) is 0 Å². The predicted octanol–water partition coefficient (Wildman–Crippen LogP) is 1.94. The van der Waals surface area contributed by atoms with E-state index < -0.39 is 10.0 Å². The first-order valence-electron chi connectivity index (χ1n) is 5.73. The van der Waals surface area contributed by atoms with Crippen molar-refractivity contribution in [2.75, 3.05) is 26.8 Å². The normalized spacial score (nSPS) is 13.0. The number of hydrogen-bond donors (Lipinski definition) is 2. The molecule has 11 heteroatoms. The molecule has 0 atom stereocenters. The second-order valence-electron chi connectivity index (χ2n) is 3.93. The molecule has 1 aromatic rings. The summed E-state index contributed by atoms with van der Waals surface area (Å²) in [5.41, 5.74) is 5.38. The third kappa shape index (κ3) is 5.08. The number of oxime groups is 1. The minimum Gasteiger partial charge on any atom is -0.409 e. The minimum absolute atomic E-state index is 0.0435. The molecule has 0 fully saturated rings. The van der Waals surface area contributed by atoms with Gasteiger partial charge in [-0.2, -0.15) is 4.31 Å². The van der Waals surface area contributed by atoms with Gasteiger partial charge in [0.1, 0.15) is 10.0 Å². The molecular formula is C10H15BrClN3O4S2. The van der Waals surface area contributed by atoms with Gasteiger partial charge in [-0.1, -0.05) is 16.8 Å². The minimum atomic E-state index is -3.71. The van der Waals surface area contributed by atoms with E-state index in [4.69, 9.17) is 27.3 Å². The first-order chi connectivity index (χ1) is 9.82. The Morgan fingerprint density at radius 1 is 1.62 bits per heavy atom. The van der Waals surface area contributed by atoms with Gasteiger partial charge in [-0.3, -0.25) is 0 Å². The van der Waals surface area contributed by atoms with Crippen molar-refractivity contribution in [3.05, 3.63) is 14.9 Å². The number of halogens is 2. The average molecular weight is 421 g/mol. The molecule has 1 aromatic heterocycles. The van der Waals surface area contributed by atoms with Crippen molar-refractivity contribution >= 4 is 54.7 Å². The van der Waals surface area contributed by atoms with E-state index in [-0.39, 0.29) is 36.2 Å². The molecule has 7 nitrogen and oxygen atoms in total. The Labute approximate surface area is 140 Å². The molecule has 0 spiro atoms. The van der Waals surface area contributed by atoms with Crippen LogP contribution in [0.25, 0.3) is 0 Å². The van der Waals surface area contributed by atoms with Crippen LogP contribution < -0.4 is 5.73 Å². The zero-order valence-electron chi connectivity index (χ0n) is 11.1. The topological polar surface area (TPSA) is 105 Å². The molecule has 0 aliphatic rings. The maximum absolute atomic E-state index is 12.6. The van der Waals surface area contributed by atoms with Gasteiger partial charge in [0.15, 0.2) is 0 Å². The molecule has 1 rings (SSSR count). The van der Waals surface area contributed by atoms with Crippen LogP contribution in [0, 0.1) is 0 Å². The molecule has 0 amide bonds. The summed E-state index contributed by atoms with van der Waals surface area (Å²) < 4.78 is 31.9. The van der Waals surface area contributed by atoms with Crippen LogP contribution in [-0.2, 0) is 14.8 Å². The van der Waals surface area contributed by atoms with Crippen LogP contribution in [-0.4, -0.2) is 50.6 Å². The second kappa shape index (κ2) is 8.30. The number of nitrogens with two attached hydrogens (primary N) is 1. The molecule has 0 unspecified atom stereocenters. The van der Waals surface area contributed by atoms with Gasteiger partial charge in [0.05, 0.1) is 15.4 Å². The lowest BCUT2D eigenvalue weighted by Crippen LogP contribution is -2.36. The van der Waals surface area contributed by atoms with Crippen molar-refractivity contribution < 1.29 is 18.4 Å². The van der Waals surface area contributed by atoms with Crippen molar-refractivity contribution in [2.45, 2.75) is 10.6 Å². The zero-order chi connectivity index (χ0) is 16.0. The third-order valence-electron chi connectivity index (χ3n) is 2.51. The van der Waals surface area contributed by atoms with Crippen LogP contribution in [0.1, 0.15) is 6.42 Å². The number of amidine groups is 1. The first kappa shape index (κ1) is 18.7. The summed E-state index contributed by atoms with van der Waals surface area (Å²) in [6.07, 6.45) is 0.111. The summed E-state index contributed by atoms with van der Waals surface area (Å²) in [5, 5.41) is 11.7. The molecular weight excluding hydrogens is 406 g/mol. The van der Waals surface area contributed by atoms with Crippen molar-refractivity contribution in [2.24, 2.45) is 10.9 Å². The summed E-state index contributed by atoms with van der Waals surface area (Å²) in [6.45, 7) is 0.467. The molecule has 0 radical (unpaired) electrons. The molecule has 0 saturated heterocycles. The lowest BCUT2D eigenvalue weighted by atomic mass is 10.4. The van der Waals surface area contributed by atoms with Crippen molar-refractivity contribution in [3.8, 4) is 0 Å². The van der Waals surface area contributed by atoms with Gasteiger partial charge in [0, 0.05) is 26.6 Å². The fourth-order valence-corrected chi connectivity index (χ4v) is 5.39. The number of thiophene rings is 1. The highest BCUT2D eigenvalue weighted by atomic mass is 79.9. The molecule has 1 heterocycles. The number of hydrogen-bond acceptors (Lipinski definition) is 6. The zero-order valence-corrected chi connectivity index (χ0v) is 15.1. The molecule has 3 N–H and O–H groups in total. The number of rotatable bonds is 8. The Kier molecular flexibility index (Phi) is 7.37. The Morgan fingerprint density at radius 2 is 2.29 bits per heavy atom. The molecule has 0 aliphatic heterocycles.